The molecule has 2 heterocycles. The molecule has 0 aliphatic rings. The molecule has 2 aromatic heterocycles. The number of ketones is 1. The molecule has 2 aromatic rings. The van der Waals surface area contributed by atoms with E-state index in [9.17, 15) is 9.59 Å². The Balaban J connectivity index is 2.07. The highest BCUT2D eigenvalue weighted by Gasteiger charge is 2.10. The van der Waals surface area contributed by atoms with Gasteiger partial charge < -0.3 is 5.32 Å². The second-order valence-electron chi connectivity index (χ2n) is 4.51. The molecule has 20 heavy (non-hydrogen) atoms. The van der Waals surface area contributed by atoms with Gasteiger partial charge in [-0.3, -0.25) is 19.0 Å². The zero-order valence-electron chi connectivity index (χ0n) is 11.8. The smallest absolute Gasteiger partial charge is 0.291 e. The van der Waals surface area contributed by atoms with Gasteiger partial charge in [0.15, 0.2) is 0 Å². The first-order chi connectivity index (χ1) is 9.51. The van der Waals surface area contributed by atoms with Crippen molar-refractivity contribution in [3.8, 4) is 0 Å². The number of hydrogen-bond donors (Lipinski definition) is 1. The zero-order chi connectivity index (χ0) is 14.7. The number of Topliss-reactive ketones (excluding diaryl/α,β-unsaturated/α-hetero) is 1. The van der Waals surface area contributed by atoms with Gasteiger partial charge in [-0.15, -0.1) is 0 Å². The monoisotopic (exact) mass is 275 g/mol. The summed E-state index contributed by atoms with van der Waals surface area (Å²) in [7, 11) is 0. The van der Waals surface area contributed by atoms with Gasteiger partial charge in [-0.2, -0.15) is 10.2 Å². The number of nitrogens with zero attached hydrogens (tertiary/aromatic N) is 4. The van der Waals surface area contributed by atoms with Gasteiger partial charge >= 0.3 is 0 Å². The summed E-state index contributed by atoms with van der Waals surface area (Å²) in [6.07, 6.45) is 5.01. The predicted octanol–water partition coefficient (Wildman–Crippen LogP) is 0.984. The van der Waals surface area contributed by atoms with Gasteiger partial charge in [0.25, 0.3) is 5.91 Å². The molecule has 2 rings (SSSR count). The van der Waals surface area contributed by atoms with E-state index >= 15 is 0 Å². The van der Waals surface area contributed by atoms with Crippen molar-refractivity contribution >= 4 is 17.4 Å². The van der Waals surface area contributed by atoms with Crippen molar-refractivity contribution in [2.45, 2.75) is 33.9 Å². The summed E-state index contributed by atoms with van der Waals surface area (Å²) in [6.45, 7) is 6.66. The summed E-state index contributed by atoms with van der Waals surface area (Å²) >= 11 is 0. The average Bonchev–Trinajstić information content (AvgIpc) is 2.98. The van der Waals surface area contributed by atoms with Crippen molar-refractivity contribution in [1.29, 1.82) is 0 Å². The number of carbonyl (C=O) groups is 2. The largest absolute Gasteiger partial charge is 0.317 e. The molecule has 7 nitrogen and oxygen atoms in total. The lowest BCUT2D eigenvalue weighted by molar-refractivity contribution is -0.133. The molecule has 0 aliphatic carbocycles. The third-order valence-electron chi connectivity index (χ3n) is 3.05. The SMILES string of the molecule is CCn1ncc(Cn2cc(NC(=O)C(C)=O)cn2)c1C. The van der Waals surface area contributed by atoms with Gasteiger partial charge in [-0.1, -0.05) is 0 Å². The number of amides is 1. The summed E-state index contributed by atoms with van der Waals surface area (Å²) < 4.78 is 3.61. The quantitative estimate of drug-likeness (QED) is 0.825. The number of nitrogens with one attached hydrogen (secondary N) is 1. The number of rotatable bonds is 5. The molecular weight excluding hydrogens is 258 g/mol. The third-order valence-corrected chi connectivity index (χ3v) is 3.05. The molecule has 1 N–H and O–H groups in total. The molecule has 0 radical (unpaired) electrons. The van der Waals surface area contributed by atoms with Crippen molar-refractivity contribution in [3.05, 3.63) is 29.8 Å². The van der Waals surface area contributed by atoms with Gasteiger partial charge in [0.2, 0.25) is 5.78 Å². The zero-order valence-corrected chi connectivity index (χ0v) is 11.8. The number of anilines is 1. The summed E-state index contributed by atoms with van der Waals surface area (Å²) in [5, 5.41) is 10.9. The topological polar surface area (TPSA) is 81.8 Å². The minimum atomic E-state index is -0.639. The summed E-state index contributed by atoms with van der Waals surface area (Å²) in [6, 6.07) is 0. The van der Waals surface area contributed by atoms with Crippen LogP contribution in [0.2, 0.25) is 0 Å². The predicted molar refractivity (Wildman–Crippen MR) is 73.3 cm³/mol. The fourth-order valence-electron chi connectivity index (χ4n) is 1.87. The maximum atomic E-state index is 11.3. The molecule has 1 amide bonds. The first kappa shape index (κ1) is 14.0. The lowest BCUT2D eigenvalue weighted by Crippen LogP contribution is -2.19. The van der Waals surface area contributed by atoms with Crippen LogP contribution in [0, 0.1) is 6.92 Å². The lowest BCUT2D eigenvalue weighted by atomic mass is 10.2. The van der Waals surface area contributed by atoms with Crippen LogP contribution in [-0.2, 0) is 22.7 Å². The number of carbonyl (C=O) groups excluding carboxylic acids is 2. The molecule has 0 saturated heterocycles. The van der Waals surface area contributed by atoms with Crippen molar-refractivity contribution < 1.29 is 9.59 Å². The van der Waals surface area contributed by atoms with Crippen molar-refractivity contribution in [3.63, 3.8) is 0 Å². The highest BCUT2D eigenvalue weighted by Crippen LogP contribution is 2.11. The van der Waals surface area contributed by atoms with Gasteiger partial charge in [-0.05, 0) is 13.8 Å². The highest BCUT2D eigenvalue weighted by molar-refractivity contribution is 6.39. The Morgan fingerprint density at radius 2 is 2.05 bits per heavy atom. The van der Waals surface area contributed by atoms with Crippen molar-refractivity contribution in [1.82, 2.24) is 19.6 Å². The Morgan fingerprint density at radius 1 is 1.30 bits per heavy atom. The van der Waals surface area contributed by atoms with E-state index in [1.807, 2.05) is 24.7 Å². The molecule has 0 unspecified atom stereocenters. The van der Waals surface area contributed by atoms with Crippen LogP contribution in [0.3, 0.4) is 0 Å². The van der Waals surface area contributed by atoms with E-state index < -0.39 is 11.7 Å². The molecule has 0 saturated carbocycles. The van der Waals surface area contributed by atoms with Gasteiger partial charge in [-0.25, -0.2) is 0 Å². The molecule has 106 valence electrons. The number of aryl methyl sites for hydroxylation is 1. The van der Waals surface area contributed by atoms with Gasteiger partial charge in [0, 0.05) is 30.9 Å². The summed E-state index contributed by atoms with van der Waals surface area (Å²) in [5.41, 5.74) is 2.67. The van der Waals surface area contributed by atoms with Crippen LogP contribution in [-0.4, -0.2) is 31.3 Å². The molecular formula is C13H17N5O2. The Kier molecular flexibility index (Phi) is 3.97. The second-order valence-corrected chi connectivity index (χ2v) is 4.51. The molecule has 0 spiro atoms. The van der Waals surface area contributed by atoms with Crippen molar-refractivity contribution in [2.75, 3.05) is 5.32 Å². The molecule has 0 aromatic carbocycles. The highest BCUT2D eigenvalue weighted by atomic mass is 16.2. The molecule has 0 aliphatic heterocycles. The van der Waals surface area contributed by atoms with E-state index in [1.165, 1.54) is 13.1 Å². The fourth-order valence-corrected chi connectivity index (χ4v) is 1.87. The van der Waals surface area contributed by atoms with Crippen LogP contribution < -0.4 is 5.32 Å². The number of aromatic nitrogens is 4. The van der Waals surface area contributed by atoms with E-state index in [0.29, 0.717) is 12.2 Å². The van der Waals surface area contributed by atoms with E-state index in [2.05, 4.69) is 15.5 Å². The summed E-state index contributed by atoms with van der Waals surface area (Å²) in [4.78, 5) is 22.1. The maximum absolute atomic E-state index is 11.3. The Morgan fingerprint density at radius 3 is 2.65 bits per heavy atom. The van der Waals surface area contributed by atoms with Crippen LogP contribution in [0.25, 0.3) is 0 Å². The van der Waals surface area contributed by atoms with Crippen LogP contribution in [0.4, 0.5) is 5.69 Å². The van der Waals surface area contributed by atoms with Gasteiger partial charge in [0.05, 0.1) is 24.6 Å². The van der Waals surface area contributed by atoms with E-state index in [-0.39, 0.29) is 0 Å². The fraction of sp³-hybridized carbons (Fsp3) is 0.385. The van der Waals surface area contributed by atoms with Gasteiger partial charge in [0.1, 0.15) is 0 Å². The van der Waals surface area contributed by atoms with Crippen LogP contribution in [0.5, 0.6) is 0 Å². The Hall–Kier alpha value is -2.44. The average molecular weight is 275 g/mol. The van der Waals surface area contributed by atoms with E-state index in [0.717, 1.165) is 17.8 Å². The summed E-state index contributed by atoms with van der Waals surface area (Å²) in [5.74, 6) is -1.17. The molecule has 0 bridgehead atoms. The third kappa shape index (κ3) is 2.93. The minimum Gasteiger partial charge on any atom is -0.317 e. The standard InChI is InChI=1S/C13H17N5O2/c1-4-18-9(2)11(5-15-18)7-17-8-12(6-14-17)16-13(20)10(3)19/h5-6,8H,4,7H2,1-3H3,(H,16,20). The molecule has 0 fully saturated rings. The normalized spacial score (nSPS) is 10.6. The Bertz CT molecular complexity index is 641. The molecule has 0 atom stereocenters. The van der Waals surface area contributed by atoms with E-state index in [4.69, 9.17) is 0 Å². The van der Waals surface area contributed by atoms with Crippen LogP contribution >= 0.6 is 0 Å². The number of hydrogen-bond acceptors (Lipinski definition) is 4. The Labute approximate surface area is 116 Å². The first-order valence-electron chi connectivity index (χ1n) is 6.37. The first-order valence-corrected chi connectivity index (χ1v) is 6.37. The minimum absolute atomic E-state index is 0.505. The maximum Gasteiger partial charge on any atom is 0.291 e. The second kappa shape index (κ2) is 5.68. The van der Waals surface area contributed by atoms with E-state index in [1.54, 1.807) is 10.9 Å². The molecule has 7 heteroatoms. The van der Waals surface area contributed by atoms with Crippen molar-refractivity contribution in [2.24, 2.45) is 0 Å². The van der Waals surface area contributed by atoms with Crippen LogP contribution in [0.15, 0.2) is 18.6 Å². The lowest BCUT2D eigenvalue weighted by Gasteiger charge is -2.02. The van der Waals surface area contributed by atoms with Crippen LogP contribution in [0.1, 0.15) is 25.1 Å².